The lowest BCUT2D eigenvalue weighted by Gasteiger charge is -2.28. The first kappa shape index (κ1) is 13.0. The summed E-state index contributed by atoms with van der Waals surface area (Å²) >= 11 is 0. The Morgan fingerprint density at radius 2 is 1.65 bits per heavy atom. The van der Waals surface area contributed by atoms with Gasteiger partial charge >= 0.3 is 0 Å². The van der Waals surface area contributed by atoms with E-state index in [-0.39, 0.29) is 17.7 Å². The van der Waals surface area contributed by atoms with E-state index in [1.54, 1.807) is 24.3 Å². The highest BCUT2D eigenvalue weighted by Crippen LogP contribution is 2.36. The van der Waals surface area contributed by atoms with Gasteiger partial charge in [0.25, 0.3) is 0 Å². The molecule has 2 radical (unpaired) electrons. The third-order valence-corrected chi connectivity index (χ3v) is 4.09. The van der Waals surface area contributed by atoms with Crippen LogP contribution in [-0.4, -0.2) is 49.0 Å². The van der Waals surface area contributed by atoms with Gasteiger partial charge < -0.3 is 9.80 Å². The highest BCUT2D eigenvalue weighted by Gasteiger charge is 2.44. The van der Waals surface area contributed by atoms with Gasteiger partial charge in [0.05, 0.1) is 14.0 Å². The second-order valence-corrected chi connectivity index (χ2v) is 5.13. The first-order chi connectivity index (χ1) is 9.57. The Bertz CT molecular complexity index is 639. The van der Waals surface area contributed by atoms with Crippen molar-refractivity contribution >= 4 is 19.4 Å². The molecule has 1 heterocycles. The normalized spacial score (nSPS) is 21.4. The maximum atomic E-state index is 12.7. The number of likely N-dealkylation sites (N-methyl/N-ethyl adjacent to an activating group) is 1. The Hall–Kier alpha value is -2.04. The predicted octanol–water partition coefficient (Wildman–Crippen LogP) is 1.46. The average Bonchev–Trinajstić information content (AvgIpc) is 2.71. The number of hydrogen-bond acceptors (Lipinski definition) is 4. The lowest BCUT2D eigenvalue weighted by atomic mass is 9.90. The van der Waals surface area contributed by atoms with Crippen LogP contribution in [0.25, 0.3) is 0 Å². The zero-order valence-electron chi connectivity index (χ0n) is 11.6. The molecule has 2 aliphatic rings. The topological polar surface area (TPSA) is 40.6 Å². The van der Waals surface area contributed by atoms with Gasteiger partial charge in [-0.05, 0) is 6.92 Å². The Morgan fingerprint density at radius 1 is 1.10 bits per heavy atom. The van der Waals surface area contributed by atoms with Crippen LogP contribution in [0, 0.1) is 0 Å². The van der Waals surface area contributed by atoms with Crippen molar-refractivity contribution in [2.75, 3.05) is 13.6 Å². The molecule has 0 saturated heterocycles. The van der Waals surface area contributed by atoms with E-state index in [4.69, 9.17) is 7.85 Å². The summed E-state index contributed by atoms with van der Waals surface area (Å²) in [7, 11) is 7.48. The van der Waals surface area contributed by atoms with E-state index >= 15 is 0 Å². The first-order valence-corrected chi connectivity index (χ1v) is 6.70. The van der Waals surface area contributed by atoms with E-state index in [1.807, 2.05) is 23.8 Å². The van der Waals surface area contributed by atoms with Crippen LogP contribution in [-0.2, 0) is 0 Å². The van der Waals surface area contributed by atoms with Gasteiger partial charge in [-0.3, -0.25) is 9.59 Å². The minimum absolute atomic E-state index is 0.0363. The summed E-state index contributed by atoms with van der Waals surface area (Å²) in [6, 6.07) is 6.99. The molecule has 20 heavy (non-hydrogen) atoms. The molecular formula is C15H15BN2O2. The monoisotopic (exact) mass is 266 g/mol. The highest BCUT2D eigenvalue weighted by molar-refractivity contribution is 6.26. The molecule has 0 bridgehead atoms. The number of hydrogen-bond donors (Lipinski definition) is 0. The van der Waals surface area contributed by atoms with Crippen molar-refractivity contribution in [3.05, 3.63) is 46.8 Å². The Kier molecular flexibility index (Phi) is 2.92. The van der Waals surface area contributed by atoms with E-state index in [0.29, 0.717) is 35.4 Å². The molecule has 0 amide bonds. The number of nitrogens with zero attached hydrogens (tertiary/aromatic N) is 2. The van der Waals surface area contributed by atoms with Crippen molar-refractivity contribution in [1.29, 1.82) is 0 Å². The molecule has 1 aromatic carbocycles. The molecule has 1 aliphatic carbocycles. The van der Waals surface area contributed by atoms with Crippen LogP contribution in [0.15, 0.2) is 35.7 Å². The van der Waals surface area contributed by atoms with Crippen molar-refractivity contribution in [3.8, 4) is 0 Å². The summed E-state index contributed by atoms with van der Waals surface area (Å²) in [5, 5.41) is 0. The van der Waals surface area contributed by atoms with Crippen LogP contribution in [0.1, 0.15) is 27.6 Å². The van der Waals surface area contributed by atoms with E-state index in [9.17, 15) is 9.59 Å². The van der Waals surface area contributed by atoms with E-state index in [1.165, 1.54) is 0 Å². The lowest BCUT2D eigenvalue weighted by molar-refractivity contribution is 0.0952. The second kappa shape index (κ2) is 4.51. The molecule has 0 fully saturated rings. The molecule has 0 saturated carbocycles. The van der Waals surface area contributed by atoms with E-state index in [2.05, 4.69) is 0 Å². The van der Waals surface area contributed by atoms with Crippen LogP contribution in [0.2, 0.25) is 6.32 Å². The number of rotatable bonds is 2. The van der Waals surface area contributed by atoms with Crippen LogP contribution in [0.3, 0.4) is 0 Å². The first-order valence-electron chi connectivity index (χ1n) is 6.70. The second-order valence-electron chi connectivity index (χ2n) is 5.13. The summed E-state index contributed by atoms with van der Waals surface area (Å²) < 4.78 is 0. The fourth-order valence-electron chi connectivity index (χ4n) is 2.96. The number of Topliss-reactive ketones (excluding diaryl/α,β-unsaturated/α-hetero) is 2. The van der Waals surface area contributed by atoms with Gasteiger partial charge in [-0.25, -0.2) is 0 Å². The maximum Gasteiger partial charge on any atom is 0.212 e. The van der Waals surface area contributed by atoms with Gasteiger partial charge in [0.1, 0.15) is 11.4 Å². The lowest BCUT2D eigenvalue weighted by Crippen LogP contribution is -2.37. The Morgan fingerprint density at radius 3 is 2.20 bits per heavy atom. The van der Waals surface area contributed by atoms with Gasteiger partial charge in [0.15, 0.2) is 0 Å². The van der Waals surface area contributed by atoms with Crippen molar-refractivity contribution in [1.82, 2.24) is 9.80 Å². The number of carbonyl (C=O) groups excluding carboxylic acids is 2. The van der Waals surface area contributed by atoms with Crippen molar-refractivity contribution in [2.45, 2.75) is 19.4 Å². The molecule has 100 valence electrons. The molecule has 3 rings (SSSR count). The van der Waals surface area contributed by atoms with Crippen molar-refractivity contribution in [2.24, 2.45) is 0 Å². The fraction of sp³-hybridized carbons (Fsp3) is 0.333. The molecule has 0 spiro atoms. The largest absolute Gasteiger partial charge is 0.350 e. The summed E-state index contributed by atoms with van der Waals surface area (Å²) in [4.78, 5) is 29.1. The molecular weight excluding hydrogens is 251 g/mol. The SMILES string of the molecule is [B]CCN1C2=C(C(=O)c3ccccc3C2=O)N(C)C1C. The Balaban J connectivity index is 2.18. The van der Waals surface area contributed by atoms with Crippen LogP contribution >= 0.6 is 0 Å². The van der Waals surface area contributed by atoms with Gasteiger partial charge in [0.2, 0.25) is 11.6 Å². The summed E-state index contributed by atoms with van der Waals surface area (Å²) in [6.07, 6.45) is 0.406. The summed E-state index contributed by atoms with van der Waals surface area (Å²) in [5.74, 6) is -0.163. The van der Waals surface area contributed by atoms with Crippen LogP contribution in [0.4, 0.5) is 0 Å². The van der Waals surface area contributed by atoms with Crippen LogP contribution < -0.4 is 0 Å². The fourth-order valence-corrected chi connectivity index (χ4v) is 2.96. The number of benzene rings is 1. The molecule has 5 heteroatoms. The van der Waals surface area contributed by atoms with Gasteiger partial charge in [-0.15, -0.1) is 0 Å². The number of carbonyl (C=O) groups is 2. The maximum absolute atomic E-state index is 12.7. The predicted molar refractivity (Wildman–Crippen MR) is 76.6 cm³/mol. The van der Waals surface area contributed by atoms with Crippen LogP contribution in [0.5, 0.6) is 0 Å². The average molecular weight is 266 g/mol. The number of allylic oxidation sites excluding steroid dienone is 2. The molecule has 0 aromatic heterocycles. The third-order valence-electron chi connectivity index (χ3n) is 4.09. The number of fused-ring (bicyclic) bond motifs is 1. The van der Waals surface area contributed by atoms with E-state index < -0.39 is 0 Å². The zero-order chi connectivity index (χ0) is 14.4. The third kappa shape index (κ3) is 1.55. The zero-order valence-corrected chi connectivity index (χ0v) is 11.6. The quantitative estimate of drug-likeness (QED) is 0.760. The molecule has 1 aliphatic heterocycles. The van der Waals surface area contributed by atoms with Gasteiger partial charge in [-0.2, -0.15) is 0 Å². The smallest absolute Gasteiger partial charge is 0.212 e. The Labute approximate surface area is 119 Å². The van der Waals surface area contributed by atoms with E-state index in [0.717, 1.165) is 0 Å². The summed E-state index contributed by atoms with van der Waals surface area (Å²) in [5.41, 5.74) is 1.97. The highest BCUT2D eigenvalue weighted by atomic mass is 16.1. The standard InChI is InChI=1S/C15H15BN2O2/c1-9-17(2)12-13(18(9)8-7-16)15(20)11-6-4-3-5-10(11)14(12)19/h3-6,9H,7-8H2,1-2H3. The minimum Gasteiger partial charge on any atom is -0.350 e. The van der Waals surface area contributed by atoms with Gasteiger partial charge in [0, 0.05) is 24.7 Å². The molecule has 1 atom stereocenters. The molecule has 1 unspecified atom stereocenters. The van der Waals surface area contributed by atoms with Crippen molar-refractivity contribution in [3.63, 3.8) is 0 Å². The number of ketones is 2. The molecule has 4 nitrogen and oxygen atoms in total. The molecule has 1 aromatic rings. The van der Waals surface area contributed by atoms with Gasteiger partial charge in [-0.1, -0.05) is 30.6 Å². The minimum atomic E-state index is -0.0835. The summed E-state index contributed by atoms with van der Waals surface area (Å²) in [6.45, 7) is 2.53. The molecule has 0 N–H and O–H groups in total. The van der Waals surface area contributed by atoms with Crippen molar-refractivity contribution < 1.29 is 9.59 Å².